The van der Waals surface area contributed by atoms with Crippen LogP contribution in [0, 0.1) is 0 Å². The van der Waals surface area contributed by atoms with E-state index in [0.29, 0.717) is 43.2 Å². The van der Waals surface area contributed by atoms with Crippen LogP contribution in [0.25, 0.3) is 5.69 Å². The Morgan fingerprint density at radius 1 is 1.06 bits per heavy atom. The van der Waals surface area contributed by atoms with Crippen LogP contribution in [0.2, 0.25) is 5.02 Å². The lowest BCUT2D eigenvalue weighted by atomic mass is 10.0. The highest BCUT2D eigenvalue weighted by Crippen LogP contribution is 2.51. The Kier molecular flexibility index (Phi) is 10.1. The van der Waals surface area contributed by atoms with Gasteiger partial charge in [-0.3, -0.25) is 14.5 Å². The maximum Gasteiger partial charge on any atom is 0.257 e. The summed E-state index contributed by atoms with van der Waals surface area (Å²) in [5.74, 6) is 1.61. The number of hydrogen-bond donors (Lipinski definition) is 2. The number of halogens is 1. The number of fused-ring (bicyclic) bond motifs is 3. The minimum absolute atomic E-state index is 0.0394. The first-order valence-electron chi connectivity index (χ1n) is 15.3. The fourth-order valence-electron chi connectivity index (χ4n) is 5.72. The van der Waals surface area contributed by atoms with Crippen LogP contribution in [0.3, 0.4) is 0 Å². The number of methoxy groups -OCH3 is 2. The normalized spacial score (nSPS) is 15.3. The smallest absolute Gasteiger partial charge is 0.257 e. The van der Waals surface area contributed by atoms with E-state index in [0.717, 1.165) is 39.7 Å². The van der Waals surface area contributed by atoms with Crippen molar-refractivity contribution < 1.29 is 23.8 Å². The molecule has 244 valence electrons. The molecule has 0 spiro atoms. The molecule has 47 heavy (non-hydrogen) atoms. The average molecular weight is 674 g/mol. The maximum absolute atomic E-state index is 12.6. The summed E-state index contributed by atoms with van der Waals surface area (Å²) in [5, 5.41) is 7.44. The summed E-state index contributed by atoms with van der Waals surface area (Å²) in [6.07, 6.45) is 0.920. The molecule has 3 heterocycles. The molecule has 4 aromatic rings. The molecule has 0 bridgehead atoms. The summed E-state index contributed by atoms with van der Waals surface area (Å²) in [6.45, 7) is 1.64. The Morgan fingerprint density at radius 3 is 2.68 bits per heavy atom. The van der Waals surface area contributed by atoms with E-state index in [1.807, 2.05) is 37.0 Å². The molecular weight excluding hydrogens is 638 g/mol. The molecule has 0 fully saturated rings. The first-order valence-corrected chi connectivity index (χ1v) is 16.5. The summed E-state index contributed by atoms with van der Waals surface area (Å²) in [4.78, 5) is 27.3. The van der Waals surface area contributed by atoms with E-state index in [-0.39, 0.29) is 23.7 Å². The van der Waals surface area contributed by atoms with Gasteiger partial charge in [0, 0.05) is 60.4 Å². The fourth-order valence-corrected chi connectivity index (χ4v) is 7.27. The van der Waals surface area contributed by atoms with Gasteiger partial charge in [-0.1, -0.05) is 29.8 Å². The summed E-state index contributed by atoms with van der Waals surface area (Å²) < 4.78 is 19.2. The van der Waals surface area contributed by atoms with E-state index in [1.54, 1.807) is 26.4 Å². The largest absolute Gasteiger partial charge is 0.497 e. The van der Waals surface area contributed by atoms with Gasteiger partial charge in [0.1, 0.15) is 17.2 Å². The lowest BCUT2D eigenvalue weighted by Crippen LogP contribution is -2.35. The first-order chi connectivity index (χ1) is 22.8. The number of amides is 2. The minimum Gasteiger partial charge on any atom is -0.497 e. The van der Waals surface area contributed by atoms with Crippen LogP contribution >= 0.6 is 23.4 Å². The molecule has 6 rings (SSSR count). The van der Waals surface area contributed by atoms with E-state index in [4.69, 9.17) is 25.8 Å². The minimum atomic E-state index is -0.236. The van der Waals surface area contributed by atoms with Gasteiger partial charge in [0.05, 0.1) is 35.9 Å². The number of ether oxygens (including phenoxy) is 3. The first kappa shape index (κ1) is 32.5. The van der Waals surface area contributed by atoms with Gasteiger partial charge in [0.25, 0.3) is 5.91 Å². The highest BCUT2D eigenvalue weighted by atomic mass is 35.5. The third-order valence-electron chi connectivity index (χ3n) is 8.11. The van der Waals surface area contributed by atoms with Crippen LogP contribution in [-0.4, -0.2) is 68.0 Å². The van der Waals surface area contributed by atoms with Gasteiger partial charge >= 0.3 is 0 Å². The maximum atomic E-state index is 12.6. The molecule has 0 radical (unpaired) electrons. The topological polar surface area (TPSA) is 106 Å². The fraction of sp³-hybridized carbons (Fsp3) is 0.286. The van der Waals surface area contributed by atoms with Crippen molar-refractivity contribution in [3.05, 3.63) is 100 Å². The Balaban J connectivity index is 1.06. The SMILES string of the molecule is COc1ccc(C2Sc3ccccc3-n3c(CN(C)CCNC(=O)COc4ccc(C5=NNC(=O)CC5)cc4Cl)ccc32)c(OC)c1. The zero-order chi connectivity index (χ0) is 32.9. The van der Waals surface area contributed by atoms with Gasteiger partial charge < -0.3 is 24.1 Å². The molecule has 1 unspecified atom stereocenters. The van der Waals surface area contributed by atoms with E-state index in [2.05, 4.69) is 67.8 Å². The third kappa shape index (κ3) is 7.27. The molecule has 2 aliphatic heterocycles. The van der Waals surface area contributed by atoms with Crippen molar-refractivity contribution in [3.63, 3.8) is 0 Å². The van der Waals surface area contributed by atoms with E-state index in [9.17, 15) is 9.59 Å². The second kappa shape index (κ2) is 14.5. The Bertz CT molecular complexity index is 1830. The molecule has 2 amide bonds. The number of aromatic nitrogens is 1. The number of likely N-dealkylation sites (N-methyl/N-ethyl adjacent to an activating group) is 1. The molecule has 0 saturated heterocycles. The van der Waals surface area contributed by atoms with Crippen LogP contribution in [0.15, 0.2) is 82.8 Å². The molecule has 1 aromatic heterocycles. The quantitative estimate of drug-likeness (QED) is 0.202. The summed E-state index contributed by atoms with van der Waals surface area (Å²) in [7, 11) is 5.38. The predicted octanol–water partition coefficient (Wildman–Crippen LogP) is 5.58. The van der Waals surface area contributed by atoms with Crippen molar-refractivity contribution in [2.75, 3.05) is 41.0 Å². The second-order valence-electron chi connectivity index (χ2n) is 11.3. The van der Waals surface area contributed by atoms with Crippen LogP contribution in [0.1, 0.15) is 40.6 Å². The molecule has 10 nitrogen and oxygen atoms in total. The number of carbonyl (C=O) groups excluding carboxylic acids is 2. The van der Waals surface area contributed by atoms with Gasteiger partial charge in [0.15, 0.2) is 6.61 Å². The van der Waals surface area contributed by atoms with Gasteiger partial charge in [-0.15, -0.1) is 11.8 Å². The molecule has 0 aliphatic carbocycles. The van der Waals surface area contributed by atoms with Crippen molar-refractivity contribution in [1.29, 1.82) is 0 Å². The highest BCUT2D eigenvalue weighted by molar-refractivity contribution is 8.00. The van der Waals surface area contributed by atoms with Gasteiger partial charge in [0.2, 0.25) is 5.91 Å². The Labute approximate surface area is 283 Å². The third-order valence-corrected chi connectivity index (χ3v) is 9.74. The number of hydrogen-bond acceptors (Lipinski definition) is 8. The number of hydrazone groups is 1. The van der Waals surface area contributed by atoms with Crippen LogP contribution in [0.4, 0.5) is 0 Å². The van der Waals surface area contributed by atoms with Crippen molar-refractivity contribution in [3.8, 4) is 22.9 Å². The van der Waals surface area contributed by atoms with Crippen molar-refractivity contribution in [2.45, 2.75) is 29.5 Å². The number of benzene rings is 3. The molecule has 2 N–H and O–H groups in total. The van der Waals surface area contributed by atoms with Crippen molar-refractivity contribution >= 4 is 40.9 Å². The van der Waals surface area contributed by atoms with Gasteiger partial charge in [-0.25, -0.2) is 5.43 Å². The van der Waals surface area contributed by atoms with Crippen LogP contribution < -0.4 is 25.0 Å². The van der Waals surface area contributed by atoms with E-state index < -0.39 is 0 Å². The molecule has 3 aromatic carbocycles. The zero-order valence-electron chi connectivity index (χ0n) is 26.4. The average Bonchev–Trinajstić information content (AvgIpc) is 3.51. The van der Waals surface area contributed by atoms with Crippen molar-refractivity contribution in [2.24, 2.45) is 5.10 Å². The number of para-hydroxylation sites is 1. The lowest BCUT2D eigenvalue weighted by molar-refractivity contribution is -0.123. The summed E-state index contributed by atoms with van der Waals surface area (Å²) >= 11 is 8.22. The summed E-state index contributed by atoms with van der Waals surface area (Å²) in [5.41, 5.74) is 8.61. The molecule has 0 saturated carbocycles. The van der Waals surface area contributed by atoms with Gasteiger partial charge in [-0.2, -0.15) is 5.10 Å². The Morgan fingerprint density at radius 2 is 1.91 bits per heavy atom. The number of carbonyl (C=O) groups is 2. The second-order valence-corrected chi connectivity index (χ2v) is 12.8. The number of rotatable bonds is 12. The highest BCUT2D eigenvalue weighted by Gasteiger charge is 2.30. The van der Waals surface area contributed by atoms with Crippen molar-refractivity contribution in [1.82, 2.24) is 20.2 Å². The van der Waals surface area contributed by atoms with Gasteiger partial charge in [-0.05, 0) is 61.1 Å². The molecule has 12 heteroatoms. The molecule has 2 aliphatic rings. The van der Waals surface area contributed by atoms with Crippen LogP contribution in [0.5, 0.6) is 17.2 Å². The summed E-state index contributed by atoms with van der Waals surface area (Å²) in [6, 6.07) is 24.1. The lowest BCUT2D eigenvalue weighted by Gasteiger charge is -2.30. The zero-order valence-corrected chi connectivity index (χ0v) is 28.0. The number of nitrogens with one attached hydrogen (secondary N) is 2. The standard InChI is InChI=1S/C35H36ClN5O5S/c1-40(17-16-37-34(43)21-46-30-14-8-22(18-26(30)36)27-12-15-33(42)39-38-27)20-23-9-13-29-35(25-11-10-24(44-2)19-31(25)45-3)47-32-7-5-4-6-28(32)41(23)29/h4-11,13-14,18-19,35H,12,15-17,20-21H2,1-3H3,(H,37,43)(H,39,42). The molecular formula is C35H36ClN5O5S. The predicted molar refractivity (Wildman–Crippen MR) is 183 cm³/mol. The number of nitrogens with zero attached hydrogens (tertiary/aromatic N) is 3. The Hall–Kier alpha value is -4.45. The van der Waals surface area contributed by atoms with E-state index in [1.165, 1.54) is 10.6 Å². The van der Waals surface area contributed by atoms with Crippen LogP contribution in [-0.2, 0) is 16.1 Å². The van der Waals surface area contributed by atoms with E-state index >= 15 is 0 Å². The molecule has 1 atom stereocenters. The number of thioether (sulfide) groups is 1. The monoisotopic (exact) mass is 673 g/mol.